The zero-order valence-electron chi connectivity index (χ0n) is 25.3. The van der Waals surface area contributed by atoms with Crippen LogP contribution in [0.25, 0.3) is 5.57 Å². The maximum Gasteiger partial charge on any atom is 0.433 e. The van der Waals surface area contributed by atoms with Gasteiger partial charge in [0.1, 0.15) is 29.8 Å². The summed E-state index contributed by atoms with van der Waals surface area (Å²) in [5.74, 6) is -0.790. The molecule has 1 fully saturated rings. The van der Waals surface area contributed by atoms with Crippen LogP contribution < -0.4 is 4.74 Å². The third kappa shape index (κ3) is 9.13. The van der Waals surface area contributed by atoms with Gasteiger partial charge in [0.15, 0.2) is 0 Å². The first-order valence-corrected chi connectivity index (χ1v) is 15.3. The number of benzene rings is 2. The summed E-state index contributed by atoms with van der Waals surface area (Å²) in [6.45, 7) is 0.170. The predicted octanol–water partition coefficient (Wildman–Crippen LogP) is 7.18. The number of carbonyl (C=O) groups is 1. The molecule has 1 aliphatic rings. The van der Waals surface area contributed by atoms with E-state index in [1.54, 1.807) is 28.9 Å². The van der Waals surface area contributed by atoms with Gasteiger partial charge in [0, 0.05) is 17.5 Å². The van der Waals surface area contributed by atoms with Gasteiger partial charge in [-0.3, -0.25) is 9.78 Å². The van der Waals surface area contributed by atoms with Crippen LogP contribution in [0.4, 0.5) is 13.2 Å². The highest BCUT2D eigenvalue weighted by atomic mass is 35.5. The number of aromatic amines is 1. The molecule has 0 saturated heterocycles. The number of aromatic nitrogens is 4. The largest absolute Gasteiger partial charge is 0.503 e. The number of nitrogens with zero attached hydrogens (tertiary/aromatic N) is 3. The summed E-state index contributed by atoms with van der Waals surface area (Å²) in [5.41, 5.74) is -0.109. The molecule has 1 aliphatic carbocycles. The van der Waals surface area contributed by atoms with Crippen LogP contribution >= 0.6 is 35.4 Å². The molecule has 15 heteroatoms. The molecule has 1 saturated carbocycles. The van der Waals surface area contributed by atoms with Crippen LogP contribution in [0.15, 0.2) is 79.3 Å². The minimum atomic E-state index is -4.56. The lowest BCUT2D eigenvalue weighted by molar-refractivity contribution is -0.141. The van der Waals surface area contributed by atoms with Crippen molar-refractivity contribution in [1.29, 1.82) is 0 Å². The van der Waals surface area contributed by atoms with Gasteiger partial charge in [-0.2, -0.15) is 13.2 Å². The van der Waals surface area contributed by atoms with Crippen LogP contribution in [0, 0.1) is 4.77 Å². The molecule has 2 heterocycles. The summed E-state index contributed by atoms with van der Waals surface area (Å²) in [6, 6.07) is 17.6. The Kier molecular flexibility index (Phi) is 11.7. The molecule has 0 aliphatic heterocycles. The van der Waals surface area contributed by atoms with Gasteiger partial charge >= 0.3 is 12.1 Å². The molecule has 5 rings (SSSR count). The summed E-state index contributed by atoms with van der Waals surface area (Å²) in [4.78, 5) is 18.7. The lowest BCUT2D eigenvalue weighted by atomic mass is 9.89. The Balaban J connectivity index is 0.000000217. The molecule has 250 valence electrons. The van der Waals surface area contributed by atoms with E-state index in [2.05, 4.69) is 15.1 Å². The number of hydrogen-bond donors (Lipinski definition) is 2. The summed E-state index contributed by atoms with van der Waals surface area (Å²) >= 11 is 17.9. The van der Waals surface area contributed by atoms with Crippen molar-refractivity contribution in [3.63, 3.8) is 0 Å². The number of methoxy groups -OCH3 is 2. The molecule has 47 heavy (non-hydrogen) atoms. The number of carbonyl (C=O) groups excluding carboxylic acids is 1. The molecule has 0 amide bonds. The quantitative estimate of drug-likeness (QED) is 0.0554. The molecule has 9 nitrogen and oxygen atoms in total. The third-order valence-corrected chi connectivity index (χ3v) is 8.77. The second-order valence-electron chi connectivity index (χ2n) is 10.6. The smallest absolute Gasteiger partial charge is 0.433 e. The number of aliphatic hydroxyl groups is 1. The second kappa shape index (κ2) is 15.3. The van der Waals surface area contributed by atoms with E-state index in [1.165, 1.54) is 38.9 Å². The molecule has 4 aromatic rings. The number of rotatable bonds is 11. The normalized spacial score (nSPS) is 15.1. The van der Waals surface area contributed by atoms with Crippen LogP contribution in [0.1, 0.15) is 35.2 Å². The summed E-state index contributed by atoms with van der Waals surface area (Å²) in [6.07, 6.45) is 0.0979. The second-order valence-corrected chi connectivity index (χ2v) is 12.1. The number of pyridine rings is 1. The highest BCUT2D eigenvalue weighted by Crippen LogP contribution is 2.53. The molecule has 2 aromatic heterocycles. The third-order valence-electron chi connectivity index (χ3n) is 7.34. The summed E-state index contributed by atoms with van der Waals surface area (Å²) in [5, 5.41) is 14.7. The Morgan fingerprint density at radius 2 is 1.77 bits per heavy atom. The zero-order valence-corrected chi connectivity index (χ0v) is 27.6. The van der Waals surface area contributed by atoms with Gasteiger partial charge < -0.3 is 19.3 Å². The predicted molar refractivity (Wildman–Crippen MR) is 172 cm³/mol. The molecular formula is C32H31Cl2F3N4O5S. The van der Waals surface area contributed by atoms with Crippen LogP contribution in [0.3, 0.4) is 0 Å². The highest BCUT2D eigenvalue weighted by Gasteiger charge is 2.58. The van der Waals surface area contributed by atoms with Crippen molar-refractivity contribution in [2.75, 3.05) is 14.2 Å². The fraction of sp³-hybridized carbons (Fsp3) is 0.312. The van der Waals surface area contributed by atoms with E-state index in [0.29, 0.717) is 27.3 Å². The average Bonchev–Trinajstić information content (AvgIpc) is 3.70. The van der Waals surface area contributed by atoms with Gasteiger partial charge in [0.25, 0.3) is 0 Å². The fourth-order valence-corrected chi connectivity index (χ4v) is 5.30. The van der Waals surface area contributed by atoms with Gasteiger partial charge in [-0.15, -0.1) is 11.6 Å². The first-order chi connectivity index (χ1) is 22.3. The van der Waals surface area contributed by atoms with Crippen molar-refractivity contribution >= 4 is 47.0 Å². The molecule has 0 spiro atoms. The van der Waals surface area contributed by atoms with E-state index < -0.39 is 28.3 Å². The molecule has 0 radical (unpaired) electrons. The lowest BCUT2D eigenvalue weighted by Gasteiger charge is -2.33. The number of H-pyrrole nitrogens is 1. The molecule has 1 unspecified atom stereocenters. The number of ether oxygens (including phenoxy) is 3. The molecule has 2 N–H and O–H groups in total. The van der Waals surface area contributed by atoms with Gasteiger partial charge in [0.05, 0.1) is 31.9 Å². The maximum absolute atomic E-state index is 12.7. The van der Waals surface area contributed by atoms with Crippen molar-refractivity contribution in [1.82, 2.24) is 19.7 Å². The van der Waals surface area contributed by atoms with Crippen LogP contribution in [0.5, 0.6) is 5.88 Å². The van der Waals surface area contributed by atoms with E-state index in [-0.39, 0.29) is 24.6 Å². The monoisotopic (exact) mass is 710 g/mol. The molecule has 0 bridgehead atoms. The van der Waals surface area contributed by atoms with E-state index in [0.717, 1.165) is 24.5 Å². The standard InChI is InChI=1S/C18H16F3NO4.C14H15Cl2N3OS/c1-24-11-14(17(23)25-2)13-7-4-3-6-12(13)10-26-16-9-5-8-15(22-16)18(19,20)21;15-11-4-2-1-3-10(11)7-14(20,13(16)5-6-13)8-19-12(21)17-9-18-19/h3-9,11H,10H2,1-2H3;1-4,9,20H,5-8H2,(H,17,18,21)/b14-11+;. The van der Waals surface area contributed by atoms with Crippen molar-refractivity contribution in [3.8, 4) is 5.88 Å². The Morgan fingerprint density at radius 1 is 1.09 bits per heavy atom. The number of hydrogen-bond acceptors (Lipinski definition) is 8. The Hall–Kier alpha value is -3.91. The SMILES string of the molecule is CO/C=C(/C(=O)OC)c1ccccc1COc1cccc(C(F)(F)F)n1.OC(Cc1ccccc1Cl)(Cn1[nH]cnc1=S)C1(Cl)CC1. The molecular weight excluding hydrogens is 680 g/mol. The minimum Gasteiger partial charge on any atom is -0.503 e. The highest BCUT2D eigenvalue weighted by molar-refractivity contribution is 7.71. The first kappa shape index (κ1) is 35.9. The Labute approximate surface area is 283 Å². The van der Waals surface area contributed by atoms with Crippen molar-refractivity contribution < 1.29 is 37.3 Å². The number of alkyl halides is 4. The lowest BCUT2D eigenvalue weighted by Crippen LogP contribution is -2.47. The first-order valence-electron chi connectivity index (χ1n) is 14.1. The topological polar surface area (TPSA) is 111 Å². The minimum absolute atomic E-state index is 0.0947. The van der Waals surface area contributed by atoms with Crippen molar-refractivity contribution in [3.05, 3.63) is 111 Å². The number of halogens is 5. The van der Waals surface area contributed by atoms with Crippen LogP contribution in [-0.4, -0.2) is 55.5 Å². The van der Waals surface area contributed by atoms with Crippen molar-refractivity contribution in [2.24, 2.45) is 0 Å². The van der Waals surface area contributed by atoms with Gasteiger partial charge in [-0.1, -0.05) is 60.1 Å². The number of nitrogens with one attached hydrogen (secondary N) is 1. The van der Waals surface area contributed by atoms with Gasteiger partial charge in [-0.05, 0) is 53.9 Å². The average molecular weight is 712 g/mol. The van der Waals surface area contributed by atoms with Crippen LogP contribution in [0.2, 0.25) is 5.02 Å². The summed E-state index contributed by atoms with van der Waals surface area (Å²) in [7, 11) is 2.62. The van der Waals surface area contributed by atoms with Crippen molar-refractivity contribution in [2.45, 2.75) is 49.1 Å². The van der Waals surface area contributed by atoms with E-state index in [1.807, 2.05) is 24.3 Å². The zero-order chi connectivity index (χ0) is 34.2. The van der Waals surface area contributed by atoms with E-state index in [9.17, 15) is 23.1 Å². The van der Waals surface area contributed by atoms with E-state index in [4.69, 9.17) is 49.6 Å². The fourth-order valence-electron chi connectivity index (χ4n) is 4.70. The molecule has 2 aromatic carbocycles. The maximum atomic E-state index is 12.7. The van der Waals surface area contributed by atoms with Gasteiger partial charge in [-0.25, -0.2) is 14.8 Å². The molecule has 1 atom stereocenters. The van der Waals surface area contributed by atoms with Gasteiger partial charge in [0.2, 0.25) is 10.7 Å². The Morgan fingerprint density at radius 3 is 2.36 bits per heavy atom. The Bertz CT molecular complexity index is 1780. The van der Waals surface area contributed by atoms with Crippen LogP contribution in [-0.2, 0) is 40.0 Å². The number of esters is 1. The van der Waals surface area contributed by atoms with E-state index >= 15 is 0 Å². The summed E-state index contributed by atoms with van der Waals surface area (Å²) < 4.78 is 55.2.